The third-order valence-corrected chi connectivity index (χ3v) is 5.76. The molecule has 0 saturated carbocycles. The maximum absolute atomic E-state index is 12.4. The van der Waals surface area contributed by atoms with Crippen molar-refractivity contribution in [3.63, 3.8) is 0 Å². The SMILES string of the molecule is Cc1ccc(SCC(=O)NNC(=O)c2ccccc2SCC(=O)N(C)C)cc1. The van der Waals surface area contributed by atoms with Crippen LogP contribution in [0, 0.1) is 6.92 Å². The number of nitrogens with zero attached hydrogens (tertiary/aromatic N) is 1. The van der Waals surface area contributed by atoms with E-state index in [4.69, 9.17) is 0 Å². The van der Waals surface area contributed by atoms with Crippen molar-refractivity contribution in [1.29, 1.82) is 0 Å². The average molecular weight is 418 g/mol. The Labute approximate surface area is 173 Å². The van der Waals surface area contributed by atoms with Crippen molar-refractivity contribution in [2.75, 3.05) is 25.6 Å². The summed E-state index contributed by atoms with van der Waals surface area (Å²) in [6.45, 7) is 2.00. The van der Waals surface area contributed by atoms with Crippen LogP contribution >= 0.6 is 23.5 Å². The highest BCUT2D eigenvalue weighted by Gasteiger charge is 2.14. The van der Waals surface area contributed by atoms with Crippen LogP contribution in [0.25, 0.3) is 0 Å². The molecular formula is C20H23N3O3S2. The van der Waals surface area contributed by atoms with Crippen LogP contribution in [0.5, 0.6) is 0 Å². The van der Waals surface area contributed by atoms with Crippen LogP contribution in [0.15, 0.2) is 58.3 Å². The van der Waals surface area contributed by atoms with E-state index in [1.54, 1.807) is 38.4 Å². The van der Waals surface area contributed by atoms with E-state index in [-0.39, 0.29) is 23.3 Å². The maximum atomic E-state index is 12.4. The van der Waals surface area contributed by atoms with Crippen LogP contribution in [0.4, 0.5) is 0 Å². The first-order chi connectivity index (χ1) is 13.4. The monoisotopic (exact) mass is 417 g/mol. The molecule has 3 amide bonds. The van der Waals surface area contributed by atoms with E-state index >= 15 is 0 Å². The van der Waals surface area contributed by atoms with Gasteiger partial charge in [-0.3, -0.25) is 25.2 Å². The maximum Gasteiger partial charge on any atom is 0.270 e. The van der Waals surface area contributed by atoms with Gasteiger partial charge < -0.3 is 4.90 Å². The van der Waals surface area contributed by atoms with Gasteiger partial charge in [-0.15, -0.1) is 23.5 Å². The highest BCUT2D eigenvalue weighted by molar-refractivity contribution is 8.00. The van der Waals surface area contributed by atoms with Crippen LogP contribution < -0.4 is 10.9 Å². The normalized spacial score (nSPS) is 10.2. The number of hydrogen-bond donors (Lipinski definition) is 2. The minimum atomic E-state index is -0.422. The number of nitrogens with one attached hydrogen (secondary N) is 2. The van der Waals surface area contributed by atoms with Gasteiger partial charge in [0.2, 0.25) is 11.8 Å². The molecule has 0 spiro atoms. The van der Waals surface area contributed by atoms with Gasteiger partial charge in [-0.25, -0.2) is 0 Å². The molecule has 2 aromatic carbocycles. The molecule has 0 unspecified atom stereocenters. The molecule has 0 heterocycles. The second-order valence-electron chi connectivity index (χ2n) is 6.18. The van der Waals surface area contributed by atoms with Crippen LogP contribution in [-0.2, 0) is 9.59 Å². The molecule has 28 heavy (non-hydrogen) atoms. The van der Waals surface area contributed by atoms with Crippen molar-refractivity contribution < 1.29 is 14.4 Å². The summed E-state index contributed by atoms with van der Waals surface area (Å²) in [5.41, 5.74) is 6.43. The van der Waals surface area contributed by atoms with Crippen LogP contribution in [0.2, 0.25) is 0 Å². The van der Waals surface area contributed by atoms with Crippen molar-refractivity contribution in [3.05, 3.63) is 59.7 Å². The standard InChI is InChI=1S/C20H23N3O3S2/c1-14-8-10-15(11-9-14)27-12-18(24)21-22-20(26)16-6-4-5-7-17(16)28-13-19(25)23(2)3/h4-11H,12-13H2,1-3H3,(H,21,24)(H,22,26). The molecule has 148 valence electrons. The molecule has 2 aromatic rings. The molecule has 8 heteroatoms. The van der Waals surface area contributed by atoms with E-state index in [1.807, 2.05) is 31.2 Å². The zero-order valence-corrected chi connectivity index (χ0v) is 17.7. The van der Waals surface area contributed by atoms with E-state index in [9.17, 15) is 14.4 Å². The molecular weight excluding hydrogens is 394 g/mol. The number of hydrazine groups is 1. The third kappa shape index (κ3) is 6.94. The van der Waals surface area contributed by atoms with Crippen molar-refractivity contribution in [3.8, 4) is 0 Å². The van der Waals surface area contributed by atoms with Crippen LogP contribution in [0.3, 0.4) is 0 Å². The fourth-order valence-electron chi connectivity index (χ4n) is 2.06. The van der Waals surface area contributed by atoms with E-state index in [2.05, 4.69) is 10.9 Å². The van der Waals surface area contributed by atoms with Gasteiger partial charge in [0.1, 0.15) is 0 Å². The molecule has 0 radical (unpaired) electrons. The number of carbonyl (C=O) groups is 3. The quantitative estimate of drug-likeness (QED) is 0.535. The van der Waals surface area contributed by atoms with Crippen molar-refractivity contribution in [2.45, 2.75) is 16.7 Å². The molecule has 0 aliphatic rings. The topological polar surface area (TPSA) is 78.5 Å². The van der Waals surface area contributed by atoms with Gasteiger partial charge in [-0.05, 0) is 31.2 Å². The van der Waals surface area contributed by atoms with Crippen molar-refractivity contribution in [1.82, 2.24) is 15.8 Å². The van der Waals surface area contributed by atoms with E-state index in [1.165, 1.54) is 28.4 Å². The summed E-state index contributed by atoms with van der Waals surface area (Å²) in [5.74, 6) is -0.337. The highest BCUT2D eigenvalue weighted by atomic mass is 32.2. The first kappa shape index (κ1) is 21.8. The summed E-state index contributed by atoms with van der Waals surface area (Å²) >= 11 is 2.68. The average Bonchev–Trinajstić information content (AvgIpc) is 2.69. The highest BCUT2D eigenvalue weighted by Crippen LogP contribution is 2.23. The summed E-state index contributed by atoms with van der Waals surface area (Å²) in [6, 6.07) is 14.8. The van der Waals surface area contributed by atoms with Gasteiger partial charge in [0.25, 0.3) is 5.91 Å². The third-order valence-electron chi connectivity index (χ3n) is 3.69. The molecule has 0 saturated heterocycles. The van der Waals surface area contributed by atoms with Gasteiger partial charge in [0.15, 0.2) is 0 Å². The first-order valence-electron chi connectivity index (χ1n) is 8.57. The van der Waals surface area contributed by atoms with Crippen molar-refractivity contribution in [2.24, 2.45) is 0 Å². The number of hydrogen-bond acceptors (Lipinski definition) is 5. The Kier molecular flexibility index (Phi) is 8.41. The number of thioether (sulfide) groups is 2. The molecule has 0 fully saturated rings. The lowest BCUT2D eigenvalue weighted by Crippen LogP contribution is -2.42. The minimum absolute atomic E-state index is 0.0401. The van der Waals surface area contributed by atoms with Gasteiger partial charge in [-0.1, -0.05) is 29.8 Å². The Morgan fingerprint density at radius 2 is 1.57 bits per heavy atom. The molecule has 2 rings (SSSR count). The lowest BCUT2D eigenvalue weighted by Gasteiger charge is -2.12. The second kappa shape index (κ2) is 10.8. The van der Waals surface area contributed by atoms with Crippen molar-refractivity contribution >= 4 is 41.2 Å². The fourth-order valence-corrected chi connectivity index (χ4v) is 3.79. The molecule has 0 atom stereocenters. The Bertz CT molecular complexity index is 839. The van der Waals surface area contributed by atoms with Gasteiger partial charge in [-0.2, -0.15) is 0 Å². The Hall–Kier alpha value is -2.45. The number of carbonyl (C=O) groups excluding carboxylic acids is 3. The summed E-state index contributed by atoms with van der Waals surface area (Å²) in [6.07, 6.45) is 0. The minimum Gasteiger partial charge on any atom is -0.348 e. The van der Waals surface area contributed by atoms with Gasteiger partial charge >= 0.3 is 0 Å². The first-order valence-corrected chi connectivity index (χ1v) is 10.5. The van der Waals surface area contributed by atoms with E-state index < -0.39 is 5.91 Å². The van der Waals surface area contributed by atoms with E-state index in [0.717, 1.165) is 10.5 Å². The molecule has 2 N–H and O–H groups in total. The number of amides is 3. The van der Waals surface area contributed by atoms with Gasteiger partial charge in [0.05, 0.1) is 17.1 Å². The lowest BCUT2D eigenvalue weighted by atomic mass is 10.2. The van der Waals surface area contributed by atoms with E-state index in [0.29, 0.717) is 10.5 Å². The summed E-state index contributed by atoms with van der Waals surface area (Å²) < 4.78 is 0. The van der Waals surface area contributed by atoms with Gasteiger partial charge in [0, 0.05) is 23.9 Å². The predicted molar refractivity (Wildman–Crippen MR) is 113 cm³/mol. The molecule has 0 bridgehead atoms. The summed E-state index contributed by atoms with van der Waals surface area (Å²) in [4.78, 5) is 39.3. The number of benzene rings is 2. The molecule has 0 aliphatic heterocycles. The Morgan fingerprint density at radius 1 is 0.893 bits per heavy atom. The number of aryl methyl sites for hydroxylation is 1. The predicted octanol–water partition coefficient (Wildman–Crippen LogP) is 2.73. The smallest absolute Gasteiger partial charge is 0.270 e. The molecule has 0 aliphatic carbocycles. The van der Waals surface area contributed by atoms with Crippen LogP contribution in [-0.4, -0.2) is 48.2 Å². The zero-order valence-electron chi connectivity index (χ0n) is 16.0. The number of rotatable bonds is 7. The molecule has 6 nitrogen and oxygen atoms in total. The zero-order chi connectivity index (χ0) is 20.5. The Balaban J connectivity index is 1.86. The lowest BCUT2D eigenvalue weighted by molar-refractivity contribution is -0.125. The summed E-state index contributed by atoms with van der Waals surface area (Å²) in [7, 11) is 3.37. The summed E-state index contributed by atoms with van der Waals surface area (Å²) in [5, 5.41) is 0. The second-order valence-corrected chi connectivity index (χ2v) is 8.24. The Morgan fingerprint density at radius 3 is 2.25 bits per heavy atom. The van der Waals surface area contributed by atoms with Crippen LogP contribution in [0.1, 0.15) is 15.9 Å². The fraction of sp³-hybridized carbons (Fsp3) is 0.250. The largest absolute Gasteiger partial charge is 0.348 e. The molecule has 0 aromatic heterocycles.